The van der Waals surface area contributed by atoms with Crippen LogP contribution in [0.1, 0.15) is 34.8 Å². The van der Waals surface area contributed by atoms with Gasteiger partial charge in [-0.1, -0.05) is 48.5 Å². The normalized spacial score (nSPS) is 14.5. The molecule has 0 aliphatic heterocycles. The number of aryl methyl sites for hydroxylation is 2. The summed E-state index contributed by atoms with van der Waals surface area (Å²) in [6.07, 6.45) is 3.35. The predicted octanol–water partition coefficient (Wildman–Crippen LogP) is 3.84. The van der Waals surface area contributed by atoms with E-state index in [2.05, 4.69) is 67.5 Å². The summed E-state index contributed by atoms with van der Waals surface area (Å²) in [5.41, 5.74) is 5.54. The predicted molar refractivity (Wildman–Crippen MR) is 91.3 cm³/mol. The van der Waals surface area contributed by atoms with Gasteiger partial charge in [-0.3, -0.25) is 0 Å². The molecule has 22 heavy (non-hydrogen) atoms. The molecule has 0 spiro atoms. The second-order valence-corrected chi connectivity index (χ2v) is 6.31. The Kier molecular flexibility index (Phi) is 4.91. The van der Waals surface area contributed by atoms with Gasteiger partial charge in [0.25, 0.3) is 0 Å². The van der Waals surface area contributed by atoms with Crippen LogP contribution < -0.4 is 0 Å². The van der Waals surface area contributed by atoms with E-state index in [9.17, 15) is 0 Å². The van der Waals surface area contributed by atoms with Gasteiger partial charge >= 0.3 is 0 Å². The Morgan fingerprint density at radius 3 is 2.00 bits per heavy atom. The van der Waals surface area contributed by atoms with Crippen molar-refractivity contribution in [2.45, 2.75) is 25.4 Å². The van der Waals surface area contributed by atoms with E-state index < -0.39 is 0 Å². The lowest BCUT2D eigenvalue weighted by Gasteiger charge is -2.21. The molecule has 0 bridgehead atoms. The zero-order valence-corrected chi connectivity index (χ0v) is 13.6. The number of nitrogens with zero attached hydrogens (tertiary/aromatic N) is 1. The van der Waals surface area contributed by atoms with Crippen molar-refractivity contribution in [3.8, 4) is 0 Å². The monoisotopic (exact) mass is 295 g/mol. The molecule has 0 fully saturated rings. The quantitative estimate of drug-likeness (QED) is 0.777. The Morgan fingerprint density at radius 1 is 0.909 bits per heavy atom. The summed E-state index contributed by atoms with van der Waals surface area (Å²) in [5.74, 6) is 0. The van der Waals surface area contributed by atoms with Crippen molar-refractivity contribution in [3.05, 3.63) is 70.8 Å². The fourth-order valence-corrected chi connectivity index (χ4v) is 3.23. The molecule has 3 rings (SSSR count). The van der Waals surface area contributed by atoms with Crippen molar-refractivity contribution in [1.82, 2.24) is 4.90 Å². The van der Waals surface area contributed by atoms with Gasteiger partial charge in [-0.05, 0) is 62.2 Å². The average Bonchev–Trinajstić information content (AvgIpc) is 2.69. The molecule has 0 N–H and O–H groups in total. The van der Waals surface area contributed by atoms with Crippen LogP contribution in [0.5, 0.6) is 0 Å². The molecule has 2 aromatic carbocycles. The highest BCUT2D eigenvalue weighted by Gasteiger charge is 2.23. The van der Waals surface area contributed by atoms with Crippen molar-refractivity contribution in [3.63, 3.8) is 0 Å². The molecule has 116 valence electrons. The second-order valence-electron chi connectivity index (χ2n) is 6.31. The maximum Gasteiger partial charge on any atom is 0.108 e. The summed E-state index contributed by atoms with van der Waals surface area (Å²) in [6, 6.07) is 17.5. The molecule has 0 aromatic heterocycles. The molecule has 1 aliphatic carbocycles. The Hall–Kier alpha value is -1.64. The van der Waals surface area contributed by atoms with Crippen LogP contribution in [0.25, 0.3) is 0 Å². The van der Waals surface area contributed by atoms with Crippen molar-refractivity contribution in [2.24, 2.45) is 0 Å². The topological polar surface area (TPSA) is 12.5 Å². The lowest BCUT2D eigenvalue weighted by Crippen LogP contribution is -2.16. The highest BCUT2D eigenvalue weighted by Crippen LogP contribution is 2.35. The van der Waals surface area contributed by atoms with E-state index in [-0.39, 0.29) is 6.10 Å². The summed E-state index contributed by atoms with van der Waals surface area (Å²) in [6.45, 7) is 1.86. The van der Waals surface area contributed by atoms with E-state index in [0.717, 1.165) is 32.4 Å². The second kappa shape index (κ2) is 7.08. The van der Waals surface area contributed by atoms with E-state index >= 15 is 0 Å². The van der Waals surface area contributed by atoms with Gasteiger partial charge in [0.2, 0.25) is 0 Å². The summed E-state index contributed by atoms with van der Waals surface area (Å²) < 4.78 is 6.34. The number of hydrogen-bond donors (Lipinski definition) is 0. The standard InChI is InChI=1S/C20H25NO/c1-21(2)14-7-15-22-20-18-10-5-3-8-16(18)12-13-17-9-4-6-11-19(17)20/h3-6,8-11,20H,7,12-15H2,1-2H3. The number of ether oxygens (including phenoxy) is 1. The molecule has 0 saturated heterocycles. The number of hydrogen-bond acceptors (Lipinski definition) is 2. The van der Waals surface area contributed by atoms with Gasteiger partial charge in [0, 0.05) is 6.61 Å². The molecule has 0 saturated carbocycles. The van der Waals surface area contributed by atoms with E-state index in [1.807, 2.05) is 0 Å². The van der Waals surface area contributed by atoms with Gasteiger partial charge in [0.1, 0.15) is 6.10 Å². The molecule has 0 unspecified atom stereocenters. The highest BCUT2D eigenvalue weighted by molar-refractivity contribution is 5.43. The van der Waals surface area contributed by atoms with Crippen LogP contribution >= 0.6 is 0 Å². The SMILES string of the molecule is CN(C)CCCOC1c2ccccc2CCc2ccccc21. The molecule has 0 radical (unpaired) electrons. The zero-order chi connectivity index (χ0) is 15.4. The van der Waals surface area contributed by atoms with Crippen molar-refractivity contribution >= 4 is 0 Å². The summed E-state index contributed by atoms with van der Waals surface area (Å²) >= 11 is 0. The smallest absolute Gasteiger partial charge is 0.108 e. The van der Waals surface area contributed by atoms with Crippen LogP contribution in [0.3, 0.4) is 0 Å². The van der Waals surface area contributed by atoms with Crippen LogP contribution in [-0.2, 0) is 17.6 Å². The molecule has 0 amide bonds. The Bertz CT molecular complexity index is 573. The fraction of sp³-hybridized carbons (Fsp3) is 0.400. The third-order valence-corrected chi connectivity index (χ3v) is 4.37. The van der Waals surface area contributed by atoms with Crippen molar-refractivity contribution in [2.75, 3.05) is 27.2 Å². The number of rotatable bonds is 5. The lowest BCUT2D eigenvalue weighted by atomic mass is 9.97. The first-order valence-electron chi connectivity index (χ1n) is 8.17. The van der Waals surface area contributed by atoms with Gasteiger partial charge in [0.05, 0.1) is 0 Å². The van der Waals surface area contributed by atoms with Gasteiger partial charge in [-0.15, -0.1) is 0 Å². The third kappa shape index (κ3) is 3.40. The number of benzene rings is 2. The summed E-state index contributed by atoms with van der Waals surface area (Å²) in [7, 11) is 4.21. The van der Waals surface area contributed by atoms with Crippen LogP contribution in [0.2, 0.25) is 0 Å². The van der Waals surface area contributed by atoms with Gasteiger partial charge in [-0.25, -0.2) is 0 Å². The molecular weight excluding hydrogens is 270 g/mol. The Labute approximate surface area is 133 Å². The molecule has 2 heteroatoms. The minimum absolute atomic E-state index is 0.0806. The minimum atomic E-state index is 0.0806. The van der Waals surface area contributed by atoms with E-state index in [4.69, 9.17) is 4.74 Å². The molecule has 0 heterocycles. The largest absolute Gasteiger partial charge is 0.369 e. The fourth-order valence-electron chi connectivity index (χ4n) is 3.23. The molecule has 0 atom stereocenters. The van der Waals surface area contributed by atoms with Gasteiger partial charge < -0.3 is 9.64 Å². The Balaban J connectivity index is 1.85. The van der Waals surface area contributed by atoms with E-state index in [1.54, 1.807) is 0 Å². The minimum Gasteiger partial charge on any atom is -0.369 e. The van der Waals surface area contributed by atoms with Gasteiger partial charge in [0.15, 0.2) is 0 Å². The first-order chi connectivity index (χ1) is 10.8. The molecule has 2 nitrogen and oxygen atoms in total. The highest BCUT2D eigenvalue weighted by atomic mass is 16.5. The molecule has 1 aliphatic rings. The van der Waals surface area contributed by atoms with Crippen LogP contribution in [0.15, 0.2) is 48.5 Å². The Morgan fingerprint density at radius 2 is 1.45 bits per heavy atom. The number of fused-ring (bicyclic) bond motifs is 2. The zero-order valence-electron chi connectivity index (χ0n) is 13.6. The lowest BCUT2D eigenvalue weighted by molar-refractivity contribution is 0.0740. The maximum atomic E-state index is 6.34. The average molecular weight is 295 g/mol. The summed E-state index contributed by atoms with van der Waals surface area (Å²) in [5, 5.41) is 0. The maximum absolute atomic E-state index is 6.34. The summed E-state index contributed by atoms with van der Waals surface area (Å²) in [4.78, 5) is 2.21. The van der Waals surface area contributed by atoms with E-state index in [0.29, 0.717) is 0 Å². The van der Waals surface area contributed by atoms with Crippen LogP contribution in [0, 0.1) is 0 Å². The van der Waals surface area contributed by atoms with E-state index in [1.165, 1.54) is 22.3 Å². The van der Waals surface area contributed by atoms with Gasteiger partial charge in [-0.2, -0.15) is 0 Å². The van der Waals surface area contributed by atoms with Crippen molar-refractivity contribution in [1.29, 1.82) is 0 Å². The first kappa shape index (κ1) is 15.3. The van der Waals surface area contributed by atoms with Crippen molar-refractivity contribution < 1.29 is 4.74 Å². The third-order valence-electron chi connectivity index (χ3n) is 4.37. The first-order valence-corrected chi connectivity index (χ1v) is 8.17. The van der Waals surface area contributed by atoms with Crippen LogP contribution in [-0.4, -0.2) is 32.1 Å². The molecular formula is C20H25NO. The van der Waals surface area contributed by atoms with Crippen LogP contribution in [0.4, 0.5) is 0 Å². The molecule has 2 aromatic rings.